The van der Waals surface area contributed by atoms with Gasteiger partial charge in [0.1, 0.15) is 17.0 Å². The van der Waals surface area contributed by atoms with Gasteiger partial charge in [-0.2, -0.15) is 0 Å². The second-order valence-electron chi connectivity index (χ2n) is 4.59. The van der Waals surface area contributed by atoms with Crippen molar-refractivity contribution in [1.29, 1.82) is 0 Å². The average Bonchev–Trinajstić information content (AvgIpc) is 2.42. The van der Waals surface area contributed by atoms with Crippen LogP contribution in [0, 0.1) is 6.92 Å². The van der Waals surface area contributed by atoms with Crippen LogP contribution < -0.4 is 15.2 Å². The summed E-state index contributed by atoms with van der Waals surface area (Å²) in [5, 5.41) is 0.861. The number of benzene rings is 1. The third-order valence-corrected chi connectivity index (χ3v) is 3.37. The van der Waals surface area contributed by atoms with E-state index in [1.54, 1.807) is 0 Å². The Kier molecular flexibility index (Phi) is 4.32. The largest absolute Gasteiger partial charge is 0.493 e. The van der Waals surface area contributed by atoms with Crippen molar-refractivity contribution in [2.75, 3.05) is 18.9 Å². The predicted molar refractivity (Wildman–Crippen MR) is 82.6 cm³/mol. The molecule has 0 radical (unpaired) electrons. The molecule has 0 unspecified atom stereocenters. The molecule has 0 atom stereocenters. The van der Waals surface area contributed by atoms with Crippen LogP contribution in [-0.2, 0) is 6.42 Å². The van der Waals surface area contributed by atoms with Crippen LogP contribution in [-0.4, -0.2) is 18.2 Å². The van der Waals surface area contributed by atoms with E-state index in [0.29, 0.717) is 13.2 Å². The summed E-state index contributed by atoms with van der Waals surface area (Å²) in [4.78, 5) is 4.68. The number of fused-ring (bicyclic) bond motifs is 1. The van der Waals surface area contributed by atoms with E-state index in [0.717, 1.165) is 45.8 Å². The zero-order valence-electron chi connectivity index (χ0n) is 12.6. The van der Waals surface area contributed by atoms with Crippen LogP contribution in [0.25, 0.3) is 10.9 Å². The Morgan fingerprint density at radius 1 is 1.05 bits per heavy atom. The molecule has 20 heavy (non-hydrogen) atoms. The molecule has 2 aromatic rings. The lowest BCUT2D eigenvalue weighted by Gasteiger charge is -2.16. The summed E-state index contributed by atoms with van der Waals surface area (Å²) in [5.74, 6) is 1.52. The van der Waals surface area contributed by atoms with E-state index in [-0.39, 0.29) is 0 Å². The van der Waals surface area contributed by atoms with Gasteiger partial charge in [-0.05, 0) is 44.9 Å². The molecule has 0 bridgehead atoms. The summed E-state index contributed by atoms with van der Waals surface area (Å²) < 4.78 is 11.4. The van der Waals surface area contributed by atoms with Gasteiger partial charge in [-0.25, -0.2) is 4.98 Å². The van der Waals surface area contributed by atoms with Crippen LogP contribution >= 0.6 is 0 Å². The first kappa shape index (κ1) is 14.4. The minimum absolute atomic E-state index is 0.595. The van der Waals surface area contributed by atoms with E-state index < -0.39 is 0 Å². The molecular formula is C16H22N2O2. The SMILES string of the molecule is CCOc1ccc(OCC)c2c(N)c(CC)c(C)nc12. The van der Waals surface area contributed by atoms with Crippen molar-refractivity contribution in [1.82, 2.24) is 4.98 Å². The number of aromatic nitrogens is 1. The molecule has 4 heteroatoms. The first-order valence-corrected chi connectivity index (χ1v) is 7.11. The van der Waals surface area contributed by atoms with Crippen LogP contribution in [0.4, 0.5) is 5.69 Å². The van der Waals surface area contributed by atoms with Crippen molar-refractivity contribution in [3.05, 3.63) is 23.4 Å². The van der Waals surface area contributed by atoms with E-state index in [1.807, 2.05) is 32.9 Å². The van der Waals surface area contributed by atoms with Gasteiger partial charge in [-0.3, -0.25) is 0 Å². The predicted octanol–water partition coefficient (Wildman–Crippen LogP) is 3.49. The summed E-state index contributed by atoms with van der Waals surface area (Å²) in [6, 6.07) is 3.80. The molecule has 0 aliphatic heterocycles. The van der Waals surface area contributed by atoms with Gasteiger partial charge in [0, 0.05) is 11.4 Å². The topological polar surface area (TPSA) is 57.4 Å². The average molecular weight is 274 g/mol. The molecule has 0 spiro atoms. The zero-order chi connectivity index (χ0) is 14.7. The molecule has 4 nitrogen and oxygen atoms in total. The number of anilines is 1. The highest BCUT2D eigenvalue weighted by Gasteiger charge is 2.16. The lowest BCUT2D eigenvalue weighted by atomic mass is 10.0. The number of pyridine rings is 1. The Morgan fingerprint density at radius 2 is 1.65 bits per heavy atom. The number of aryl methyl sites for hydroxylation is 1. The maximum atomic E-state index is 6.35. The normalized spacial score (nSPS) is 10.8. The van der Waals surface area contributed by atoms with Gasteiger partial charge >= 0.3 is 0 Å². The van der Waals surface area contributed by atoms with Gasteiger partial charge in [0.05, 0.1) is 18.6 Å². The number of ether oxygens (including phenoxy) is 2. The second-order valence-corrected chi connectivity index (χ2v) is 4.59. The molecule has 0 aliphatic rings. The number of nitrogens with two attached hydrogens (primary N) is 1. The molecule has 0 amide bonds. The van der Waals surface area contributed by atoms with Crippen molar-refractivity contribution in [3.8, 4) is 11.5 Å². The summed E-state index contributed by atoms with van der Waals surface area (Å²) >= 11 is 0. The lowest BCUT2D eigenvalue weighted by molar-refractivity contribution is 0.336. The highest BCUT2D eigenvalue weighted by atomic mass is 16.5. The summed E-state index contributed by atoms with van der Waals surface area (Å²) in [7, 11) is 0. The van der Waals surface area contributed by atoms with Gasteiger partial charge in [0.25, 0.3) is 0 Å². The van der Waals surface area contributed by atoms with Crippen molar-refractivity contribution < 1.29 is 9.47 Å². The molecule has 0 saturated carbocycles. The maximum Gasteiger partial charge on any atom is 0.145 e. The molecule has 108 valence electrons. The molecule has 0 fully saturated rings. The summed E-state index contributed by atoms with van der Waals surface area (Å²) in [5.41, 5.74) is 9.91. The molecule has 2 rings (SSSR count). The number of rotatable bonds is 5. The van der Waals surface area contributed by atoms with E-state index in [2.05, 4.69) is 11.9 Å². The standard InChI is InChI=1S/C16H22N2O2/c1-5-11-10(4)18-16-13(20-7-3)9-8-12(19-6-2)14(16)15(11)17/h8-9H,5-7H2,1-4H3,(H2,17,18). The molecule has 1 aromatic carbocycles. The minimum atomic E-state index is 0.595. The van der Waals surface area contributed by atoms with Gasteiger partial charge in [-0.15, -0.1) is 0 Å². The number of hydrogen-bond donors (Lipinski definition) is 1. The van der Waals surface area contributed by atoms with Crippen LogP contribution in [0.3, 0.4) is 0 Å². The van der Waals surface area contributed by atoms with Crippen LogP contribution in [0.5, 0.6) is 11.5 Å². The maximum absolute atomic E-state index is 6.35. The molecule has 1 aromatic heterocycles. The zero-order valence-corrected chi connectivity index (χ0v) is 12.6. The Morgan fingerprint density at radius 3 is 2.25 bits per heavy atom. The third-order valence-electron chi connectivity index (χ3n) is 3.37. The molecule has 2 N–H and O–H groups in total. The van der Waals surface area contributed by atoms with Crippen molar-refractivity contribution in [2.45, 2.75) is 34.1 Å². The van der Waals surface area contributed by atoms with Crippen molar-refractivity contribution >= 4 is 16.6 Å². The highest BCUT2D eigenvalue weighted by Crippen LogP contribution is 2.38. The Labute approximate surface area is 119 Å². The smallest absolute Gasteiger partial charge is 0.145 e. The van der Waals surface area contributed by atoms with Crippen molar-refractivity contribution in [2.24, 2.45) is 0 Å². The number of hydrogen-bond acceptors (Lipinski definition) is 4. The Bertz CT molecular complexity index is 624. The van der Waals surface area contributed by atoms with E-state index in [1.165, 1.54) is 0 Å². The van der Waals surface area contributed by atoms with Gasteiger partial charge in [0.2, 0.25) is 0 Å². The monoisotopic (exact) mass is 274 g/mol. The van der Waals surface area contributed by atoms with E-state index in [9.17, 15) is 0 Å². The van der Waals surface area contributed by atoms with Crippen LogP contribution in [0.15, 0.2) is 12.1 Å². The van der Waals surface area contributed by atoms with Gasteiger partial charge in [-0.1, -0.05) is 6.92 Å². The fraction of sp³-hybridized carbons (Fsp3) is 0.438. The Balaban J connectivity index is 2.81. The quantitative estimate of drug-likeness (QED) is 0.906. The Hall–Kier alpha value is -1.97. The fourth-order valence-electron chi connectivity index (χ4n) is 2.50. The van der Waals surface area contributed by atoms with Crippen molar-refractivity contribution in [3.63, 3.8) is 0 Å². The molecule has 0 aliphatic carbocycles. The summed E-state index contributed by atoms with van der Waals surface area (Å²) in [6.45, 7) is 9.17. The first-order valence-electron chi connectivity index (χ1n) is 7.11. The molecule has 0 saturated heterocycles. The second kappa shape index (κ2) is 5.99. The number of nitrogen functional groups attached to an aromatic ring is 1. The van der Waals surface area contributed by atoms with Crippen LogP contribution in [0.1, 0.15) is 32.0 Å². The van der Waals surface area contributed by atoms with Gasteiger partial charge < -0.3 is 15.2 Å². The third kappa shape index (κ3) is 2.38. The number of nitrogens with zero attached hydrogens (tertiary/aromatic N) is 1. The lowest BCUT2D eigenvalue weighted by Crippen LogP contribution is -2.04. The molecule has 1 heterocycles. The fourth-order valence-corrected chi connectivity index (χ4v) is 2.50. The molecular weight excluding hydrogens is 252 g/mol. The highest BCUT2D eigenvalue weighted by molar-refractivity contribution is 6.00. The van der Waals surface area contributed by atoms with E-state index in [4.69, 9.17) is 15.2 Å². The van der Waals surface area contributed by atoms with Crippen LogP contribution in [0.2, 0.25) is 0 Å². The first-order chi connectivity index (χ1) is 9.63. The van der Waals surface area contributed by atoms with Gasteiger partial charge in [0.15, 0.2) is 0 Å². The summed E-state index contributed by atoms with van der Waals surface area (Å²) in [6.07, 6.45) is 0.852. The van der Waals surface area contributed by atoms with E-state index >= 15 is 0 Å². The minimum Gasteiger partial charge on any atom is -0.493 e.